The van der Waals surface area contributed by atoms with E-state index in [1.165, 1.54) is 109 Å². The molecule has 0 spiro atoms. The first-order valence-corrected chi connectivity index (χ1v) is 23.4. The molecule has 2 aromatic rings. The highest BCUT2D eigenvalue weighted by Gasteiger charge is 2.59. The molecule has 3 nitrogen and oxygen atoms in total. The highest BCUT2D eigenvalue weighted by Crippen LogP contribution is 2.67. The van der Waals surface area contributed by atoms with Crippen LogP contribution in [0.1, 0.15) is 187 Å². The molecule has 4 aliphatic carbocycles. The lowest BCUT2D eigenvalue weighted by Gasteiger charge is -2.58. The summed E-state index contributed by atoms with van der Waals surface area (Å²) in [6, 6.07) is 16.3. The van der Waals surface area contributed by atoms with Crippen LogP contribution in [0.4, 0.5) is 0 Å². The summed E-state index contributed by atoms with van der Waals surface area (Å²) in [5.74, 6) is 5.82. The fourth-order valence-electron chi connectivity index (χ4n) is 12.3. The van der Waals surface area contributed by atoms with Crippen LogP contribution in [0.25, 0.3) is 11.1 Å². The molecule has 3 saturated carbocycles. The van der Waals surface area contributed by atoms with Crippen molar-refractivity contribution in [2.24, 2.45) is 46.3 Å². The van der Waals surface area contributed by atoms with Gasteiger partial charge in [0.15, 0.2) is 0 Å². The van der Waals surface area contributed by atoms with Crippen LogP contribution in [0.5, 0.6) is 5.75 Å². The molecule has 55 heavy (non-hydrogen) atoms. The highest BCUT2D eigenvalue weighted by atomic mass is 16.5. The van der Waals surface area contributed by atoms with Gasteiger partial charge in [0.2, 0.25) is 0 Å². The molecule has 0 N–H and O–H groups in total. The van der Waals surface area contributed by atoms with Crippen LogP contribution < -0.4 is 4.74 Å². The largest absolute Gasteiger partial charge is 0.494 e. The standard InChI is InChI=1S/C52H78O3/c1-7-8-9-10-11-12-13-14-15-16-36-54-44-27-24-41(25-28-44)40-20-22-42(23-21-40)50(53)55-45-32-34-51(5)43(37-45)26-29-46-48-31-30-47(39(4)19-17-18-38(2)3)52(48,6)35-33-49(46)51/h20-28,38-39,45-49H,7-19,29-37H2,1-6H3/t39-,45+,46+,47-,48+,49+,51+,52-/m1/s1. The number of rotatable bonds is 20. The van der Waals surface area contributed by atoms with Gasteiger partial charge in [-0.15, -0.1) is 0 Å². The second kappa shape index (κ2) is 19.7. The second-order valence-corrected chi connectivity index (χ2v) is 19.7. The van der Waals surface area contributed by atoms with E-state index >= 15 is 0 Å². The summed E-state index contributed by atoms with van der Waals surface area (Å²) in [5.41, 5.74) is 5.25. The van der Waals surface area contributed by atoms with Crippen molar-refractivity contribution in [3.05, 3.63) is 65.7 Å². The molecule has 0 aliphatic heterocycles. The van der Waals surface area contributed by atoms with Crippen LogP contribution in [-0.4, -0.2) is 18.7 Å². The minimum Gasteiger partial charge on any atom is -0.494 e. The Kier molecular flexibility index (Phi) is 15.1. The number of fused-ring (bicyclic) bond motifs is 5. The predicted molar refractivity (Wildman–Crippen MR) is 231 cm³/mol. The Hall–Kier alpha value is -2.55. The SMILES string of the molecule is CCCCCCCCCCCCOc1ccc(-c2ccc(C(=O)O[C@H]3CC[C@@]4(C)C(=CC[C@H]5[C@@H]6CC[C@H]([C@H](C)CCCC(C)C)[C@@]6(C)CC[C@@H]54)C3)cc2)cc1. The first-order valence-electron chi connectivity index (χ1n) is 23.4. The molecular formula is C52H78O3. The Morgan fingerprint density at radius 1 is 0.727 bits per heavy atom. The van der Waals surface area contributed by atoms with E-state index in [1.807, 2.05) is 12.1 Å². The zero-order valence-corrected chi connectivity index (χ0v) is 36.0. The van der Waals surface area contributed by atoms with Crippen LogP contribution in [0, 0.1) is 46.3 Å². The minimum absolute atomic E-state index is 0.0210. The summed E-state index contributed by atoms with van der Waals surface area (Å²) in [6.07, 6.45) is 30.1. The molecule has 304 valence electrons. The molecule has 6 rings (SSSR count). The maximum atomic E-state index is 13.4. The van der Waals surface area contributed by atoms with E-state index in [1.54, 1.807) is 5.57 Å². The van der Waals surface area contributed by atoms with Crippen LogP contribution in [0.2, 0.25) is 0 Å². The second-order valence-electron chi connectivity index (χ2n) is 19.7. The van der Waals surface area contributed by atoms with E-state index in [2.05, 4.69) is 84.0 Å². The van der Waals surface area contributed by atoms with Gasteiger partial charge in [-0.1, -0.05) is 155 Å². The van der Waals surface area contributed by atoms with Crippen LogP contribution in [0.15, 0.2) is 60.2 Å². The summed E-state index contributed by atoms with van der Waals surface area (Å²) >= 11 is 0. The molecule has 2 aromatic carbocycles. The smallest absolute Gasteiger partial charge is 0.338 e. The molecule has 0 aromatic heterocycles. The quantitative estimate of drug-likeness (QED) is 0.0768. The van der Waals surface area contributed by atoms with Crippen molar-refractivity contribution in [1.29, 1.82) is 0 Å². The highest BCUT2D eigenvalue weighted by molar-refractivity contribution is 5.90. The van der Waals surface area contributed by atoms with Gasteiger partial charge in [0.1, 0.15) is 11.9 Å². The summed E-state index contributed by atoms with van der Waals surface area (Å²) in [4.78, 5) is 13.4. The van der Waals surface area contributed by atoms with Crippen LogP contribution >= 0.6 is 0 Å². The van der Waals surface area contributed by atoms with Gasteiger partial charge in [-0.2, -0.15) is 0 Å². The summed E-state index contributed by atoms with van der Waals surface area (Å²) in [7, 11) is 0. The first-order chi connectivity index (χ1) is 26.6. The van der Waals surface area contributed by atoms with Gasteiger partial charge in [0.25, 0.3) is 0 Å². The van der Waals surface area contributed by atoms with E-state index in [0.717, 1.165) is 84.7 Å². The predicted octanol–water partition coefficient (Wildman–Crippen LogP) is 15.2. The number of hydrogen-bond acceptors (Lipinski definition) is 3. The van der Waals surface area contributed by atoms with Crippen molar-refractivity contribution in [2.75, 3.05) is 6.61 Å². The lowest BCUT2D eigenvalue weighted by molar-refractivity contribution is -0.0594. The topological polar surface area (TPSA) is 35.5 Å². The van der Waals surface area contributed by atoms with Crippen molar-refractivity contribution in [3.8, 4) is 16.9 Å². The third-order valence-corrected chi connectivity index (χ3v) is 15.6. The number of carbonyl (C=O) groups excluding carboxylic acids is 1. The average Bonchev–Trinajstić information content (AvgIpc) is 3.54. The van der Waals surface area contributed by atoms with E-state index in [4.69, 9.17) is 9.47 Å². The molecule has 4 aliphatic rings. The van der Waals surface area contributed by atoms with E-state index in [0.29, 0.717) is 11.0 Å². The number of carbonyl (C=O) groups is 1. The van der Waals surface area contributed by atoms with Gasteiger partial charge in [0, 0.05) is 6.42 Å². The van der Waals surface area contributed by atoms with Crippen molar-refractivity contribution >= 4 is 5.97 Å². The lowest BCUT2D eigenvalue weighted by Crippen LogP contribution is -2.51. The monoisotopic (exact) mass is 751 g/mol. The van der Waals surface area contributed by atoms with Crippen LogP contribution in [-0.2, 0) is 4.74 Å². The Morgan fingerprint density at radius 2 is 1.38 bits per heavy atom. The third kappa shape index (κ3) is 10.3. The van der Waals surface area contributed by atoms with Gasteiger partial charge < -0.3 is 9.47 Å². The number of unbranched alkanes of at least 4 members (excludes halogenated alkanes) is 9. The lowest BCUT2D eigenvalue weighted by atomic mass is 9.47. The Labute approximate surface area is 337 Å². The molecule has 0 saturated heterocycles. The molecular weight excluding hydrogens is 673 g/mol. The normalized spacial score (nSPS) is 29.2. The van der Waals surface area contributed by atoms with E-state index in [9.17, 15) is 4.79 Å². The maximum absolute atomic E-state index is 13.4. The van der Waals surface area contributed by atoms with Gasteiger partial charge >= 0.3 is 5.97 Å². The van der Waals surface area contributed by atoms with Crippen molar-refractivity contribution in [1.82, 2.24) is 0 Å². The molecule has 0 heterocycles. The molecule has 0 radical (unpaired) electrons. The molecule has 3 fully saturated rings. The average molecular weight is 751 g/mol. The first kappa shape index (κ1) is 42.1. The zero-order chi connectivity index (χ0) is 38.8. The van der Waals surface area contributed by atoms with Crippen molar-refractivity contribution in [3.63, 3.8) is 0 Å². The van der Waals surface area contributed by atoms with E-state index in [-0.39, 0.29) is 17.5 Å². The van der Waals surface area contributed by atoms with Gasteiger partial charge in [-0.05, 0) is 133 Å². The van der Waals surface area contributed by atoms with E-state index < -0.39 is 0 Å². The molecule has 0 amide bonds. The Bertz CT molecular complexity index is 1500. The van der Waals surface area contributed by atoms with Gasteiger partial charge in [-0.25, -0.2) is 4.79 Å². The van der Waals surface area contributed by atoms with Gasteiger partial charge in [0.05, 0.1) is 12.2 Å². The van der Waals surface area contributed by atoms with Crippen LogP contribution in [0.3, 0.4) is 0 Å². The molecule has 0 unspecified atom stereocenters. The fraction of sp³-hybridized carbons (Fsp3) is 0.712. The third-order valence-electron chi connectivity index (χ3n) is 15.6. The number of esters is 1. The summed E-state index contributed by atoms with van der Waals surface area (Å²) in [6.45, 7) is 15.7. The fourth-order valence-corrected chi connectivity index (χ4v) is 12.3. The Morgan fingerprint density at radius 3 is 2.05 bits per heavy atom. The van der Waals surface area contributed by atoms with Crippen molar-refractivity contribution in [2.45, 2.75) is 182 Å². The number of benzene rings is 2. The maximum Gasteiger partial charge on any atom is 0.338 e. The van der Waals surface area contributed by atoms with Crippen molar-refractivity contribution < 1.29 is 14.3 Å². The van der Waals surface area contributed by atoms with Gasteiger partial charge in [-0.3, -0.25) is 0 Å². The molecule has 3 heteroatoms. The molecule has 0 bridgehead atoms. The summed E-state index contributed by atoms with van der Waals surface area (Å²) in [5, 5.41) is 0. The number of allylic oxidation sites excluding steroid dienone is 1. The number of hydrogen-bond donors (Lipinski definition) is 0. The zero-order valence-electron chi connectivity index (χ0n) is 36.0. The number of ether oxygens (including phenoxy) is 2. The Balaban J connectivity index is 0.943. The molecule has 8 atom stereocenters. The summed E-state index contributed by atoms with van der Waals surface area (Å²) < 4.78 is 12.3. The minimum atomic E-state index is -0.182.